The van der Waals surface area contributed by atoms with E-state index in [1.54, 1.807) is 30.5 Å². The summed E-state index contributed by atoms with van der Waals surface area (Å²) in [6, 6.07) is 12.4. The van der Waals surface area contributed by atoms with Gasteiger partial charge < -0.3 is 15.4 Å². The zero-order valence-corrected chi connectivity index (χ0v) is 16.2. The van der Waals surface area contributed by atoms with E-state index >= 15 is 0 Å². The van der Waals surface area contributed by atoms with Crippen molar-refractivity contribution in [3.05, 3.63) is 77.0 Å². The molecule has 0 fully saturated rings. The van der Waals surface area contributed by atoms with Crippen LogP contribution in [0, 0.1) is 0 Å². The van der Waals surface area contributed by atoms with Gasteiger partial charge in [0, 0.05) is 23.5 Å². The summed E-state index contributed by atoms with van der Waals surface area (Å²) < 4.78 is 1.21. The SMILES string of the molecule is C[C@@H](C(=O)N[C@@H](Cc1c[nH]c2ccccc12)C(=O)O)n1cnc2ccccc2c1=O. The Hall–Kier alpha value is -3.94. The fourth-order valence-electron chi connectivity index (χ4n) is 3.50. The van der Waals surface area contributed by atoms with Crippen molar-refractivity contribution in [2.75, 3.05) is 0 Å². The summed E-state index contributed by atoms with van der Waals surface area (Å²) in [5, 5.41) is 13.5. The number of rotatable bonds is 6. The van der Waals surface area contributed by atoms with E-state index in [4.69, 9.17) is 0 Å². The molecule has 2 heterocycles. The van der Waals surface area contributed by atoms with Gasteiger partial charge in [0.1, 0.15) is 12.1 Å². The van der Waals surface area contributed by atoms with Gasteiger partial charge >= 0.3 is 5.97 Å². The Morgan fingerprint density at radius 1 is 1.13 bits per heavy atom. The number of carbonyl (C=O) groups excluding carboxylic acids is 1. The van der Waals surface area contributed by atoms with E-state index in [0.717, 1.165) is 16.5 Å². The van der Waals surface area contributed by atoms with Crippen LogP contribution in [0.2, 0.25) is 0 Å². The van der Waals surface area contributed by atoms with Crippen molar-refractivity contribution in [1.29, 1.82) is 0 Å². The van der Waals surface area contributed by atoms with Gasteiger partial charge in [0.05, 0.1) is 17.2 Å². The molecule has 0 saturated carbocycles. The molecule has 3 N–H and O–H groups in total. The van der Waals surface area contributed by atoms with Crippen molar-refractivity contribution in [3.63, 3.8) is 0 Å². The van der Waals surface area contributed by atoms with Gasteiger partial charge in [-0.3, -0.25) is 14.2 Å². The summed E-state index contributed by atoms with van der Waals surface area (Å²) in [5.41, 5.74) is 1.86. The minimum Gasteiger partial charge on any atom is -0.480 e. The quantitative estimate of drug-likeness (QED) is 0.456. The molecular weight excluding hydrogens is 384 g/mol. The Morgan fingerprint density at radius 2 is 1.83 bits per heavy atom. The molecule has 0 unspecified atom stereocenters. The highest BCUT2D eigenvalue weighted by atomic mass is 16.4. The molecule has 0 aliphatic carbocycles. The number of hydrogen-bond donors (Lipinski definition) is 3. The van der Waals surface area contributed by atoms with E-state index in [0.29, 0.717) is 10.9 Å². The Labute approximate surface area is 171 Å². The predicted molar refractivity (Wildman–Crippen MR) is 112 cm³/mol. The van der Waals surface area contributed by atoms with Crippen LogP contribution >= 0.6 is 0 Å². The molecule has 152 valence electrons. The molecule has 30 heavy (non-hydrogen) atoms. The molecule has 1 amide bonds. The maximum absolute atomic E-state index is 12.8. The molecule has 8 heteroatoms. The minimum absolute atomic E-state index is 0.114. The second-order valence-corrected chi connectivity index (χ2v) is 7.11. The number of nitrogens with zero attached hydrogens (tertiary/aromatic N) is 2. The highest BCUT2D eigenvalue weighted by molar-refractivity contribution is 5.88. The molecule has 4 aromatic rings. The van der Waals surface area contributed by atoms with Crippen molar-refractivity contribution in [3.8, 4) is 0 Å². The van der Waals surface area contributed by atoms with E-state index in [9.17, 15) is 19.5 Å². The predicted octanol–water partition coefficient (Wildman–Crippen LogP) is 2.25. The molecular formula is C22H20N4O4. The number of benzene rings is 2. The first-order valence-electron chi connectivity index (χ1n) is 9.50. The number of H-pyrrole nitrogens is 1. The third-order valence-corrected chi connectivity index (χ3v) is 5.20. The van der Waals surface area contributed by atoms with E-state index < -0.39 is 24.0 Å². The normalized spacial score (nSPS) is 13.2. The zero-order valence-electron chi connectivity index (χ0n) is 16.2. The summed E-state index contributed by atoms with van der Waals surface area (Å²) in [5.74, 6) is -1.72. The number of hydrogen-bond acceptors (Lipinski definition) is 4. The third-order valence-electron chi connectivity index (χ3n) is 5.20. The van der Waals surface area contributed by atoms with E-state index in [-0.39, 0.29) is 12.0 Å². The largest absolute Gasteiger partial charge is 0.480 e. The van der Waals surface area contributed by atoms with E-state index in [2.05, 4.69) is 15.3 Å². The average Bonchev–Trinajstić information content (AvgIpc) is 3.16. The lowest BCUT2D eigenvalue weighted by Crippen LogP contribution is -2.46. The van der Waals surface area contributed by atoms with E-state index in [1.165, 1.54) is 17.8 Å². The van der Waals surface area contributed by atoms with Crippen LogP contribution in [0.15, 0.2) is 65.8 Å². The van der Waals surface area contributed by atoms with Crippen molar-refractivity contribution in [2.45, 2.75) is 25.4 Å². The number of carbonyl (C=O) groups is 2. The van der Waals surface area contributed by atoms with Crippen LogP contribution in [0.3, 0.4) is 0 Å². The van der Waals surface area contributed by atoms with Crippen LogP contribution in [0.5, 0.6) is 0 Å². The zero-order chi connectivity index (χ0) is 21.3. The van der Waals surface area contributed by atoms with Crippen molar-refractivity contribution in [2.24, 2.45) is 0 Å². The number of nitrogens with one attached hydrogen (secondary N) is 2. The van der Waals surface area contributed by atoms with Crippen molar-refractivity contribution >= 4 is 33.7 Å². The lowest BCUT2D eigenvalue weighted by molar-refractivity contribution is -0.142. The second-order valence-electron chi connectivity index (χ2n) is 7.11. The number of carboxylic acid groups (broad SMARTS) is 1. The fraction of sp³-hybridized carbons (Fsp3) is 0.182. The third kappa shape index (κ3) is 3.55. The number of aromatic amines is 1. The summed E-state index contributed by atoms with van der Waals surface area (Å²) in [4.78, 5) is 44.6. The maximum atomic E-state index is 12.8. The number of fused-ring (bicyclic) bond motifs is 2. The Morgan fingerprint density at radius 3 is 2.60 bits per heavy atom. The van der Waals surface area contributed by atoms with Crippen molar-refractivity contribution in [1.82, 2.24) is 19.9 Å². The molecule has 0 aliphatic rings. The molecule has 2 aromatic carbocycles. The Balaban J connectivity index is 1.57. The number of para-hydroxylation sites is 2. The lowest BCUT2D eigenvalue weighted by atomic mass is 10.0. The van der Waals surface area contributed by atoms with Crippen LogP contribution in [-0.4, -0.2) is 37.6 Å². The molecule has 0 bridgehead atoms. The van der Waals surface area contributed by atoms with Gasteiger partial charge in [0.15, 0.2) is 0 Å². The summed E-state index contributed by atoms with van der Waals surface area (Å²) >= 11 is 0. The van der Waals surface area contributed by atoms with Gasteiger partial charge in [-0.25, -0.2) is 9.78 Å². The Kier molecular flexibility index (Phi) is 5.05. The topological polar surface area (TPSA) is 117 Å². The molecule has 0 aliphatic heterocycles. The number of amides is 1. The maximum Gasteiger partial charge on any atom is 0.326 e. The van der Waals surface area contributed by atoms with Gasteiger partial charge in [-0.1, -0.05) is 30.3 Å². The fourth-order valence-corrected chi connectivity index (χ4v) is 3.50. The monoisotopic (exact) mass is 404 g/mol. The highest BCUT2D eigenvalue weighted by Crippen LogP contribution is 2.19. The van der Waals surface area contributed by atoms with Gasteiger partial charge in [-0.15, -0.1) is 0 Å². The summed E-state index contributed by atoms with van der Waals surface area (Å²) in [7, 11) is 0. The van der Waals surface area contributed by atoms with Crippen LogP contribution in [-0.2, 0) is 16.0 Å². The van der Waals surface area contributed by atoms with Crippen LogP contribution < -0.4 is 10.9 Å². The van der Waals surface area contributed by atoms with Crippen molar-refractivity contribution < 1.29 is 14.7 Å². The molecule has 2 atom stereocenters. The molecule has 0 radical (unpaired) electrons. The van der Waals surface area contributed by atoms with Gasteiger partial charge in [0.2, 0.25) is 5.91 Å². The number of aliphatic carboxylic acids is 1. The van der Waals surface area contributed by atoms with Gasteiger partial charge in [0.25, 0.3) is 5.56 Å². The summed E-state index contributed by atoms with van der Waals surface area (Å²) in [6.07, 6.45) is 3.17. The summed E-state index contributed by atoms with van der Waals surface area (Å²) in [6.45, 7) is 1.54. The minimum atomic E-state index is -1.15. The first-order chi connectivity index (χ1) is 14.5. The van der Waals surface area contributed by atoms with E-state index in [1.807, 2.05) is 24.3 Å². The van der Waals surface area contributed by atoms with Crippen LogP contribution in [0.25, 0.3) is 21.8 Å². The highest BCUT2D eigenvalue weighted by Gasteiger charge is 2.26. The standard InChI is InChI=1S/C22H20N4O4/c1-13(26-12-24-18-9-5-3-7-16(18)21(26)28)20(27)25-19(22(29)30)10-14-11-23-17-8-4-2-6-15(14)17/h2-9,11-13,19,23H,10H2,1H3,(H,25,27)(H,29,30)/t13-,19-/m0/s1. The smallest absolute Gasteiger partial charge is 0.326 e. The second kappa shape index (κ2) is 7.82. The average molecular weight is 404 g/mol. The molecule has 4 rings (SSSR count). The van der Waals surface area contributed by atoms with Crippen LogP contribution in [0.4, 0.5) is 0 Å². The van der Waals surface area contributed by atoms with Gasteiger partial charge in [-0.2, -0.15) is 0 Å². The Bertz CT molecular complexity index is 1310. The first kappa shape index (κ1) is 19.4. The number of aromatic nitrogens is 3. The number of carboxylic acids is 1. The lowest BCUT2D eigenvalue weighted by Gasteiger charge is -2.19. The van der Waals surface area contributed by atoms with Crippen LogP contribution in [0.1, 0.15) is 18.5 Å². The molecule has 8 nitrogen and oxygen atoms in total. The molecule has 0 spiro atoms. The first-order valence-corrected chi connectivity index (χ1v) is 9.50. The molecule has 0 saturated heterocycles. The molecule has 2 aromatic heterocycles. The van der Waals surface area contributed by atoms with Gasteiger partial charge in [-0.05, 0) is 30.7 Å².